The van der Waals surface area contributed by atoms with Gasteiger partial charge in [0.25, 0.3) is 0 Å². The molecule has 0 aliphatic carbocycles. The van der Waals surface area contributed by atoms with Crippen LogP contribution in [-0.4, -0.2) is 19.1 Å². The van der Waals surface area contributed by atoms with E-state index in [-0.39, 0.29) is 11.7 Å². The topological polar surface area (TPSA) is 29.3 Å². The predicted molar refractivity (Wildman–Crippen MR) is 73.1 cm³/mol. The summed E-state index contributed by atoms with van der Waals surface area (Å²) < 4.78 is 39.7. The highest BCUT2D eigenvalue weighted by Gasteiger charge is 2.36. The van der Waals surface area contributed by atoms with Gasteiger partial charge in [-0.1, -0.05) is 22.9 Å². The molecule has 0 saturated carbocycles. The van der Waals surface area contributed by atoms with E-state index in [1.165, 1.54) is 6.07 Å². The van der Waals surface area contributed by atoms with Crippen molar-refractivity contribution >= 4 is 21.6 Å². The highest BCUT2D eigenvalue weighted by molar-refractivity contribution is 9.10. The average molecular weight is 337 g/mol. The lowest BCUT2D eigenvalue weighted by Gasteiger charge is -2.37. The summed E-state index contributed by atoms with van der Waals surface area (Å²) in [6.07, 6.45) is -3.54. The van der Waals surface area contributed by atoms with E-state index < -0.39 is 11.7 Å². The lowest BCUT2D eigenvalue weighted by molar-refractivity contribution is -0.137. The Kier molecular flexibility index (Phi) is 4.11. The smallest absolute Gasteiger partial charge is 0.369 e. The Bertz CT molecular complexity index is 462. The molecule has 1 saturated heterocycles. The molecule has 1 aromatic rings. The van der Waals surface area contributed by atoms with Crippen molar-refractivity contribution in [2.45, 2.75) is 25.6 Å². The van der Waals surface area contributed by atoms with Crippen LogP contribution in [0.15, 0.2) is 22.7 Å². The van der Waals surface area contributed by atoms with Crippen molar-refractivity contribution in [1.29, 1.82) is 0 Å². The van der Waals surface area contributed by atoms with Gasteiger partial charge >= 0.3 is 6.18 Å². The second kappa shape index (κ2) is 5.32. The fraction of sp³-hybridized carbons (Fsp3) is 0.538. The molecule has 106 valence electrons. The largest absolute Gasteiger partial charge is 0.418 e. The Morgan fingerprint density at radius 3 is 2.63 bits per heavy atom. The van der Waals surface area contributed by atoms with Crippen LogP contribution >= 0.6 is 15.9 Å². The third-order valence-corrected chi connectivity index (χ3v) is 4.11. The molecule has 6 heteroatoms. The number of rotatable bonds is 1. The fourth-order valence-electron chi connectivity index (χ4n) is 2.33. The molecule has 0 aromatic heterocycles. The van der Waals surface area contributed by atoms with Gasteiger partial charge in [-0.15, -0.1) is 0 Å². The molecular formula is C13H16BrF3N2. The summed E-state index contributed by atoms with van der Waals surface area (Å²) in [7, 11) is 0. The first-order valence-corrected chi connectivity index (χ1v) is 6.95. The van der Waals surface area contributed by atoms with Crippen molar-refractivity contribution in [3.8, 4) is 0 Å². The summed E-state index contributed by atoms with van der Waals surface area (Å²) in [6.45, 7) is 3.11. The molecule has 1 heterocycles. The van der Waals surface area contributed by atoms with Crippen LogP contribution in [0.5, 0.6) is 0 Å². The van der Waals surface area contributed by atoms with E-state index in [0.717, 1.165) is 12.5 Å². The number of hydrogen-bond acceptors (Lipinski definition) is 2. The van der Waals surface area contributed by atoms with E-state index >= 15 is 0 Å². The number of benzene rings is 1. The normalized spacial score (nSPS) is 24.6. The number of nitrogens with two attached hydrogens (primary N) is 1. The van der Waals surface area contributed by atoms with Gasteiger partial charge in [0.05, 0.1) is 5.56 Å². The average Bonchev–Trinajstić information content (AvgIpc) is 2.32. The van der Waals surface area contributed by atoms with Crippen molar-refractivity contribution in [3.63, 3.8) is 0 Å². The zero-order chi connectivity index (χ0) is 14.2. The van der Waals surface area contributed by atoms with Gasteiger partial charge in [-0.25, -0.2) is 0 Å². The van der Waals surface area contributed by atoms with Crippen LogP contribution in [0.25, 0.3) is 0 Å². The minimum atomic E-state index is -4.35. The second-order valence-corrected chi connectivity index (χ2v) is 5.95. The lowest BCUT2D eigenvalue weighted by Crippen LogP contribution is -2.48. The molecule has 1 fully saturated rings. The molecule has 2 N–H and O–H groups in total. The zero-order valence-corrected chi connectivity index (χ0v) is 12.1. The van der Waals surface area contributed by atoms with Gasteiger partial charge in [0, 0.05) is 29.3 Å². The van der Waals surface area contributed by atoms with Gasteiger partial charge in [-0.3, -0.25) is 0 Å². The Morgan fingerprint density at radius 1 is 1.37 bits per heavy atom. The van der Waals surface area contributed by atoms with E-state index in [1.54, 1.807) is 11.0 Å². The van der Waals surface area contributed by atoms with E-state index in [9.17, 15) is 13.2 Å². The minimum Gasteiger partial charge on any atom is -0.369 e. The lowest BCUT2D eigenvalue weighted by atomic mass is 9.93. The summed E-state index contributed by atoms with van der Waals surface area (Å²) >= 11 is 3.09. The van der Waals surface area contributed by atoms with Crippen molar-refractivity contribution in [1.82, 2.24) is 0 Å². The third kappa shape index (κ3) is 3.23. The van der Waals surface area contributed by atoms with Crippen LogP contribution in [0, 0.1) is 5.92 Å². The highest BCUT2D eigenvalue weighted by atomic mass is 79.9. The van der Waals surface area contributed by atoms with E-state index in [1.807, 2.05) is 6.92 Å². The molecule has 1 aromatic carbocycles. The molecule has 2 rings (SSSR count). The first-order chi connectivity index (χ1) is 8.79. The van der Waals surface area contributed by atoms with Crippen molar-refractivity contribution < 1.29 is 13.2 Å². The van der Waals surface area contributed by atoms with Gasteiger partial charge < -0.3 is 10.6 Å². The number of piperidine rings is 1. The molecule has 0 bridgehead atoms. The van der Waals surface area contributed by atoms with Gasteiger partial charge in [-0.2, -0.15) is 13.2 Å². The van der Waals surface area contributed by atoms with Crippen molar-refractivity contribution in [2.75, 3.05) is 18.0 Å². The van der Waals surface area contributed by atoms with Crippen LogP contribution in [-0.2, 0) is 6.18 Å². The van der Waals surface area contributed by atoms with Crippen LogP contribution in [0.2, 0.25) is 0 Å². The molecule has 0 spiro atoms. The molecular weight excluding hydrogens is 321 g/mol. The Balaban J connectivity index is 2.34. The van der Waals surface area contributed by atoms with Crippen LogP contribution in [0.1, 0.15) is 18.9 Å². The standard InChI is InChI=1S/C13H16BrF3N2/c1-8-4-5-19(7-11(8)18)12-3-2-9(14)6-10(12)13(15,16)17/h2-3,6,8,11H,4-5,7,18H2,1H3. The van der Waals surface area contributed by atoms with E-state index in [4.69, 9.17) is 5.73 Å². The molecule has 1 aliphatic heterocycles. The Hall–Kier alpha value is -0.750. The van der Waals surface area contributed by atoms with Crippen molar-refractivity contribution in [3.05, 3.63) is 28.2 Å². The van der Waals surface area contributed by atoms with Crippen LogP contribution in [0.3, 0.4) is 0 Å². The molecule has 0 amide bonds. The van der Waals surface area contributed by atoms with Gasteiger partial charge in [-0.05, 0) is 30.5 Å². The number of nitrogens with zero attached hydrogens (tertiary/aromatic N) is 1. The number of hydrogen-bond donors (Lipinski definition) is 1. The monoisotopic (exact) mass is 336 g/mol. The summed E-state index contributed by atoms with van der Waals surface area (Å²) in [4.78, 5) is 1.74. The first kappa shape index (κ1) is 14.7. The SMILES string of the molecule is CC1CCN(c2ccc(Br)cc2C(F)(F)F)CC1N. The third-order valence-electron chi connectivity index (χ3n) is 3.62. The maximum atomic E-state index is 13.1. The summed E-state index contributed by atoms with van der Waals surface area (Å²) in [6, 6.07) is 4.18. The van der Waals surface area contributed by atoms with Crippen LogP contribution < -0.4 is 10.6 Å². The second-order valence-electron chi connectivity index (χ2n) is 5.04. The van der Waals surface area contributed by atoms with Crippen molar-refractivity contribution in [2.24, 2.45) is 11.7 Å². The maximum absolute atomic E-state index is 13.1. The Morgan fingerprint density at radius 2 is 2.05 bits per heavy atom. The molecule has 2 nitrogen and oxygen atoms in total. The predicted octanol–water partition coefficient (Wildman–Crippen LogP) is 3.64. The van der Waals surface area contributed by atoms with E-state index in [2.05, 4.69) is 15.9 Å². The van der Waals surface area contributed by atoms with Gasteiger partial charge in [0.2, 0.25) is 0 Å². The molecule has 2 unspecified atom stereocenters. The number of anilines is 1. The Labute approximate surface area is 118 Å². The maximum Gasteiger partial charge on any atom is 0.418 e. The summed E-state index contributed by atoms with van der Waals surface area (Å²) in [5, 5.41) is 0. The minimum absolute atomic E-state index is 0.0847. The number of halogens is 4. The summed E-state index contributed by atoms with van der Waals surface area (Å²) in [5.41, 5.74) is 5.58. The first-order valence-electron chi connectivity index (χ1n) is 6.16. The highest BCUT2D eigenvalue weighted by Crippen LogP contribution is 2.39. The summed E-state index contributed by atoms with van der Waals surface area (Å²) in [5.74, 6) is 0.348. The molecule has 19 heavy (non-hydrogen) atoms. The molecule has 0 radical (unpaired) electrons. The van der Waals surface area contributed by atoms with Crippen LogP contribution in [0.4, 0.5) is 18.9 Å². The number of alkyl halides is 3. The molecule has 1 aliphatic rings. The van der Waals surface area contributed by atoms with Gasteiger partial charge in [0.15, 0.2) is 0 Å². The van der Waals surface area contributed by atoms with Gasteiger partial charge in [0.1, 0.15) is 0 Å². The zero-order valence-electron chi connectivity index (χ0n) is 10.5. The fourth-order valence-corrected chi connectivity index (χ4v) is 2.69. The molecule has 2 atom stereocenters. The quantitative estimate of drug-likeness (QED) is 0.848. The van der Waals surface area contributed by atoms with E-state index in [0.29, 0.717) is 23.5 Å².